The number of benzene rings is 2. The first-order valence-corrected chi connectivity index (χ1v) is 11.9. The maximum atomic E-state index is 13.8. The molecule has 0 radical (unpaired) electrons. The van der Waals surface area contributed by atoms with Crippen LogP contribution in [0.3, 0.4) is 0 Å². The van der Waals surface area contributed by atoms with Crippen molar-refractivity contribution in [2.24, 2.45) is 4.99 Å². The van der Waals surface area contributed by atoms with Crippen molar-refractivity contribution in [3.63, 3.8) is 0 Å². The Hall–Kier alpha value is -2.74. The highest BCUT2D eigenvalue weighted by Gasteiger charge is 2.22. The van der Waals surface area contributed by atoms with Crippen molar-refractivity contribution in [3.05, 3.63) is 81.5 Å². The summed E-state index contributed by atoms with van der Waals surface area (Å²) in [5.41, 5.74) is 2.03. The summed E-state index contributed by atoms with van der Waals surface area (Å²) >= 11 is 3.47. The highest BCUT2D eigenvalue weighted by molar-refractivity contribution is 9.12. The first-order chi connectivity index (χ1) is 15.9. The average molecular weight is 518 g/mol. The Kier molecular flexibility index (Phi) is 7.42. The van der Waals surface area contributed by atoms with E-state index in [9.17, 15) is 13.6 Å². The number of nitrogens with zero attached hydrogens (tertiary/aromatic N) is 3. The third-order valence-corrected chi connectivity index (χ3v) is 6.40. The molecule has 1 amide bonds. The predicted molar refractivity (Wildman–Crippen MR) is 127 cm³/mol. The van der Waals surface area contributed by atoms with Crippen molar-refractivity contribution in [2.45, 2.75) is 45.5 Å². The van der Waals surface area contributed by atoms with Crippen LogP contribution in [0.25, 0.3) is 0 Å². The lowest BCUT2D eigenvalue weighted by atomic mass is 10.1. The molecular weight excluding hydrogens is 492 g/mol. The molecule has 2 aliphatic rings. The van der Waals surface area contributed by atoms with Gasteiger partial charge in [-0.3, -0.25) is 4.79 Å². The highest BCUT2D eigenvalue weighted by atomic mass is 79.9. The van der Waals surface area contributed by atoms with Crippen molar-refractivity contribution in [3.8, 4) is 0 Å². The van der Waals surface area contributed by atoms with Gasteiger partial charge in [-0.1, -0.05) is 12.1 Å². The average Bonchev–Trinajstić information content (AvgIpc) is 2.82. The fraction of sp³-hybridized carbons (Fsp3) is 0.360. The summed E-state index contributed by atoms with van der Waals surface area (Å²) in [6.45, 7) is 4.17. The van der Waals surface area contributed by atoms with E-state index in [1.807, 2.05) is 47.2 Å². The molecule has 1 unspecified atom stereocenters. The van der Waals surface area contributed by atoms with Crippen LogP contribution in [-0.4, -0.2) is 40.9 Å². The second kappa shape index (κ2) is 10.5. The Morgan fingerprint density at radius 1 is 1.12 bits per heavy atom. The minimum atomic E-state index is -0.650. The van der Waals surface area contributed by atoms with Gasteiger partial charge in [0.25, 0.3) is 5.91 Å². The molecule has 4 rings (SSSR count). The molecule has 0 aromatic heterocycles. The van der Waals surface area contributed by atoms with E-state index in [2.05, 4.69) is 20.9 Å². The second-order valence-corrected chi connectivity index (χ2v) is 9.14. The van der Waals surface area contributed by atoms with Crippen LogP contribution in [0.2, 0.25) is 0 Å². The number of aliphatic imine (C=N–C) groups is 1. The molecule has 33 heavy (non-hydrogen) atoms. The maximum absolute atomic E-state index is 13.8. The predicted octanol–water partition coefficient (Wildman–Crippen LogP) is 5.60. The molecule has 0 saturated carbocycles. The summed E-state index contributed by atoms with van der Waals surface area (Å²) in [6, 6.07) is 11.1. The monoisotopic (exact) mass is 517 g/mol. The van der Waals surface area contributed by atoms with Crippen LogP contribution in [0, 0.1) is 11.6 Å². The molecule has 0 N–H and O–H groups in total. The molecule has 1 saturated heterocycles. The Bertz CT molecular complexity index is 1070. The number of hydrogen-bond donors (Lipinski definition) is 0. The summed E-state index contributed by atoms with van der Waals surface area (Å²) in [4.78, 5) is 21.2. The standard InChI is InChI=1S/C25H26BrF2N3O2/c1-17-29-24(33-16-20-9-10-21(27)13-23(20)28)22(26)15-31(17)14-18-5-7-19(8-6-18)25(32)30-11-3-2-4-12-30/h5-10,13,15,17H,2-4,11-12,14,16H2,1H3. The minimum absolute atomic E-state index is 0.0485. The number of rotatable bonds is 5. The molecule has 174 valence electrons. The zero-order valence-electron chi connectivity index (χ0n) is 18.4. The van der Waals surface area contributed by atoms with Gasteiger partial charge < -0.3 is 14.5 Å². The minimum Gasteiger partial charge on any atom is -0.472 e. The summed E-state index contributed by atoms with van der Waals surface area (Å²) in [6.07, 6.45) is 5.03. The number of hydrogen-bond acceptors (Lipinski definition) is 4. The number of halogens is 3. The van der Waals surface area contributed by atoms with Crippen molar-refractivity contribution in [1.29, 1.82) is 0 Å². The molecule has 0 aliphatic carbocycles. The molecule has 2 aromatic rings. The fourth-order valence-corrected chi connectivity index (χ4v) is 4.41. The molecule has 0 spiro atoms. The Morgan fingerprint density at radius 3 is 2.55 bits per heavy atom. The van der Waals surface area contributed by atoms with E-state index in [-0.39, 0.29) is 24.2 Å². The summed E-state index contributed by atoms with van der Waals surface area (Å²) in [7, 11) is 0. The number of carbonyl (C=O) groups is 1. The zero-order chi connectivity index (χ0) is 23.4. The number of ether oxygens (including phenoxy) is 1. The largest absolute Gasteiger partial charge is 0.472 e. The van der Waals surface area contributed by atoms with Crippen molar-refractivity contribution < 1.29 is 18.3 Å². The topological polar surface area (TPSA) is 45.1 Å². The van der Waals surface area contributed by atoms with E-state index in [0.717, 1.165) is 37.6 Å². The molecule has 1 atom stereocenters. The first-order valence-electron chi connectivity index (χ1n) is 11.1. The first kappa shape index (κ1) is 23.4. The normalized spacial score (nSPS) is 18.6. The van der Waals surface area contributed by atoms with Crippen molar-refractivity contribution in [2.75, 3.05) is 13.1 Å². The number of piperidine rings is 1. The van der Waals surface area contributed by atoms with Crippen LogP contribution in [0.4, 0.5) is 8.78 Å². The van der Waals surface area contributed by atoms with Gasteiger partial charge >= 0.3 is 0 Å². The molecule has 2 aromatic carbocycles. The lowest BCUT2D eigenvalue weighted by molar-refractivity contribution is 0.0724. The van der Waals surface area contributed by atoms with E-state index in [1.165, 1.54) is 18.6 Å². The van der Waals surface area contributed by atoms with Gasteiger partial charge in [0.1, 0.15) is 24.4 Å². The molecule has 8 heteroatoms. The third kappa shape index (κ3) is 5.79. The van der Waals surface area contributed by atoms with Gasteiger partial charge in [0.15, 0.2) is 0 Å². The quantitative estimate of drug-likeness (QED) is 0.518. The van der Waals surface area contributed by atoms with Gasteiger partial charge in [-0.05, 0) is 71.9 Å². The van der Waals surface area contributed by atoms with Crippen LogP contribution in [0.15, 0.2) is 58.1 Å². The molecular formula is C25H26BrF2N3O2. The van der Waals surface area contributed by atoms with Crippen LogP contribution < -0.4 is 0 Å². The van der Waals surface area contributed by atoms with Gasteiger partial charge in [-0.15, -0.1) is 0 Å². The van der Waals surface area contributed by atoms with Gasteiger partial charge in [-0.2, -0.15) is 0 Å². The number of amides is 1. The lowest BCUT2D eigenvalue weighted by Gasteiger charge is -2.30. The van der Waals surface area contributed by atoms with Gasteiger partial charge in [0.05, 0.1) is 4.48 Å². The maximum Gasteiger partial charge on any atom is 0.253 e. The van der Waals surface area contributed by atoms with Crippen LogP contribution in [0.5, 0.6) is 0 Å². The van der Waals surface area contributed by atoms with E-state index in [4.69, 9.17) is 4.74 Å². The summed E-state index contributed by atoms with van der Waals surface area (Å²) in [5, 5.41) is 0. The van der Waals surface area contributed by atoms with E-state index < -0.39 is 11.6 Å². The number of likely N-dealkylation sites (tertiary alicyclic amines) is 1. The summed E-state index contributed by atoms with van der Waals surface area (Å²) in [5.74, 6) is -0.812. The van der Waals surface area contributed by atoms with Crippen molar-refractivity contribution in [1.82, 2.24) is 9.80 Å². The van der Waals surface area contributed by atoms with E-state index in [1.54, 1.807) is 0 Å². The van der Waals surface area contributed by atoms with Gasteiger partial charge in [0, 0.05) is 43.0 Å². The third-order valence-electron chi connectivity index (χ3n) is 5.86. The van der Waals surface area contributed by atoms with Crippen LogP contribution >= 0.6 is 15.9 Å². The molecule has 5 nitrogen and oxygen atoms in total. The molecule has 0 bridgehead atoms. The Labute approximate surface area is 200 Å². The number of carbonyl (C=O) groups excluding carboxylic acids is 1. The zero-order valence-corrected chi connectivity index (χ0v) is 20.0. The smallest absolute Gasteiger partial charge is 0.253 e. The Morgan fingerprint density at radius 2 is 1.85 bits per heavy atom. The van der Waals surface area contributed by atoms with Gasteiger partial charge in [-0.25, -0.2) is 13.8 Å². The fourth-order valence-electron chi connectivity index (χ4n) is 3.93. The van der Waals surface area contributed by atoms with Crippen LogP contribution in [0.1, 0.15) is 47.7 Å². The van der Waals surface area contributed by atoms with E-state index >= 15 is 0 Å². The molecule has 1 fully saturated rings. The lowest BCUT2D eigenvalue weighted by Crippen LogP contribution is -2.35. The molecule has 2 heterocycles. The SMILES string of the molecule is CC1N=C(OCc2ccc(F)cc2F)C(Br)=CN1Cc1ccc(C(=O)N2CCCCC2)cc1. The van der Waals surface area contributed by atoms with E-state index in [0.29, 0.717) is 22.5 Å². The Balaban J connectivity index is 1.35. The highest BCUT2D eigenvalue weighted by Crippen LogP contribution is 2.23. The van der Waals surface area contributed by atoms with Crippen LogP contribution in [-0.2, 0) is 17.9 Å². The second-order valence-electron chi connectivity index (χ2n) is 8.29. The van der Waals surface area contributed by atoms with Crippen molar-refractivity contribution >= 4 is 27.7 Å². The van der Waals surface area contributed by atoms with Gasteiger partial charge in [0.2, 0.25) is 5.90 Å². The molecule has 2 aliphatic heterocycles. The summed E-state index contributed by atoms with van der Waals surface area (Å²) < 4.78 is 33.2.